The molecule has 2 heterocycles. The predicted octanol–water partition coefficient (Wildman–Crippen LogP) is 5.59. The maximum absolute atomic E-state index is 15.6. The standard InChI is InChI=1S/C29H28FN5O/c1-20(36)14-21-7-9-22(10-8-21)16-32-28-27(30)29(34-19-33-28)35(26-11-12-26)18-23-4-2-5-24(15-23)25-6-3-13-31-17-25/h2-10,13,15,17,19,26H,11-12,14,16,18H2,1H3,(H,32,33,34). The number of anilines is 2. The van der Waals surface area contributed by atoms with Crippen molar-refractivity contribution in [2.75, 3.05) is 10.2 Å². The molecule has 36 heavy (non-hydrogen) atoms. The number of nitrogens with one attached hydrogen (secondary N) is 1. The van der Waals surface area contributed by atoms with E-state index in [0.29, 0.717) is 25.3 Å². The molecule has 0 unspecified atom stereocenters. The van der Waals surface area contributed by atoms with Gasteiger partial charge >= 0.3 is 0 Å². The first-order chi connectivity index (χ1) is 17.6. The van der Waals surface area contributed by atoms with Crippen LogP contribution in [0, 0.1) is 5.82 Å². The van der Waals surface area contributed by atoms with Crippen molar-refractivity contribution >= 4 is 17.4 Å². The predicted molar refractivity (Wildman–Crippen MR) is 139 cm³/mol. The Kier molecular flexibility index (Phi) is 6.98. The van der Waals surface area contributed by atoms with Crippen molar-refractivity contribution in [2.24, 2.45) is 0 Å². The summed E-state index contributed by atoms with van der Waals surface area (Å²) in [6.07, 6.45) is 7.46. The van der Waals surface area contributed by atoms with Crippen molar-refractivity contribution in [3.8, 4) is 11.1 Å². The molecule has 182 valence electrons. The maximum Gasteiger partial charge on any atom is 0.207 e. The Morgan fingerprint density at radius 1 is 1.00 bits per heavy atom. The minimum Gasteiger partial charge on any atom is -0.363 e. The van der Waals surface area contributed by atoms with Gasteiger partial charge in [-0.1, -0.05) is 48.5 Å². The average molecular weight is 482 g/mol. The van der Waals surface area contributed by atoms with Gasteiger partial charge in [0.2, 0.25) is 5.82 Å². The summed E-state index contributed by atoms with van der Waals surface area (Å²) in [5.74, 6) is 0.183. The van der Waals surface area contributed by atoms with Gasteiger partial charge in [0.05, 0.1) is 0 Å². The number of aromatic nitrogens is 3. The van der Waals surface area contributed by atoms with Gasteiger partial charge in [0, 0.05) is 37.9 Å². The van der Waals surface area contributed by atoms with Crippen LogP contribution >= 0.6 is 0 Å². The third kappa shape index (κ3) is 5.74. The Balaban J connectivity index is 1.32. The fourth-order valence-electron chi connectivity index (χ4n) is 4.27. The minimum absolute atomic E-state index is 0.125. The lowest BCUT2D eigenvalue weighted by atomic mass is 10.0. The van der Waals surface area contributed by atoms with E-state index in [4.69, 9.17) is 0 Å². The van der Waals surface area contributed by atoms with Crippen LogP contribution in [0.3, 0.4) is 0 Å². The van der Waals surface area contributed by atoms with Crippen LogP contribution in [-0.4, -0.2) is 26.8 Å². The van der Waals surface area contributed by atoms with E-state index in [9.17, 15) is 4.79 Å². The van der Waals surface area contributed by atoms with Crippen LogP contribution in [0.5, 0.6) is 0 Å². The zero-order valence-corrected chi connectivity index (χ0v) is 20.2. The molecule has 2 aromatic heterocycles. The number of hydrogen-bond acceptors (Lipinski definition) is 6. The number of nitrogens with zero attached hydrogens (tertiary/aromatic N) is 4. The molecule has 6 nitrogen and oxygen atoms in total. The molecule has 1 N–H and O–H groups in total. The van der Waals surface area contributed by atoms with E-state index >= 15 is 4.39 Å². The first-order valence-electron chi connectivity index (χ1n) is 12.1. The van der Waals surface area contributed by atoms with Crippen LogP contribution in [0.2, 0.25) is 0 Å². The number of rotatable bonds is 10. The third-order valence-electron chi connectivity index (χ3n) is 6.24. The third-order valence-corrected chi connectivity index (χ3v) is 6.24. The highest BCUT2D eigenvalue weighted by molar-refractivity contribution is 5.78. The second-order valence-electron chi connectivity index (χ2n) is 9.21. The molecule has 0 bridgehead atoms. The van der Waals surface area contributed by atoms with Gasteiger partial charge in [0.1, 0.15) is 12.1 Å². The second kappa shape index (κ2) is 10.6. The van der Waals surface area contributed by atoms with Crippen molar-refractivity contribution in [1.82, 2.24) is 15.0 Å². The number of halogens is 1. The molecule has 7 heteroatoms. The number of ketones is 1. The van der Waals surface area contributed by atoms with E-state index in [1.807, 2.05) is 53.6 Å². The molecular formula is C29H28FN5O. The van der Waals surface area contributed by atoms with Crippen LogP contribution in [0.25, 0.3) is 11.1 Å². The minimum atomic E-state index is -0.444. The van der Waals surface area contributed by atoms with Gasteiger partial charge in [-0.05, 0) is 59.7 Å². The number of Topliss-reactive ketones (excluding diaryl/α,β-unsaturated/α-hetero) is 1. The van der Waals surface area contributed by atoms with Crippen LogP contribution in [0.1, 0.15) is 36.5 Å². The molecular weight excluding hydrogens is 453 g/mol. The zero-order chi connectivity index (χ0) is 24.9. The van der Waals surface area contributed by atoms with E-state index in [1.165, 1.54) is 6.33 Å². The van der Waals surface area contributed by atoms with Gasteiger partial charge in [-0.3, -0.25) is 9.78 Å². The summed E-state index contributed by atoms with van der Waals surface area (Å²) in [4.78, 5) is 26.1. The lowest BCUT2D eigenvalue weighted by Gasteiger charge is -2.25. The molecule has 1 fully saturated rings. The zero-order valence-electron chi connectivity index (χ0n) is 20.2. The van der Waals surface area contributed by atoms with Gasteiger partial charge in [-0.15, -0.1) is 0 Å². The lowest BCUT2D eigenvalue weighted by molar-refractivity contribution is -0.116. The fraction of sp³-hybridized carbons (Fsp3) is 0.241. The van der Waals surface area contributed by atoms with Crippen molar-refractivity contribution in [3.05, 3.63) is 102 Å². The number of carbonyl (C=O) groups is 1. The first-order valence-corrected chi connectivity index (χ1v) is 12.1. The van der Waals surface area contributed by atoms with Gasteiger partial charge in [-0.25, -0.2) is 9.97 Å². The summed E-state index contributed by atoms with van der Waals surface area (Å²) >= 11 is 0. The molecule has 0 amide bonds. The fourth-order valence-corrected chi connectivity index (χ4v) is 4.27. The maximum atomic E-state index is 15.6. The van der Waals surface area contributed by atoms with E-state index in [0.717, 1.165) is 40.7 Å². The normalized spacial score (nSPS) is 12.8. The number of pyridine rings is 1. The Hall–Kier alpha value is -4.13. The summed E-state index contributed by atoms with van der Waals surface area (Å²) < 4.78 is 15.6. The average Bonchev–Trinajstić information content (AvgIpc) is 3.74. The number of hydrogen-bond donors (Lipinski definition) is 1. The number of carbonyl (C=O) groups excluding carboxylic acids is 1. The molecule has 5 rings (SSSR count). The molecule has 1 aliphatic carbocycles. The SMILES string of the molecule is CC(=O)Cc1ccc(CNc2ncnc(N(Cc3cccc(-c4cccnc4)c3)C3CC3)c2F)cc1. The topological polar surface area (TPSA) is 71.0 Å². The molecule has 0 radical (unpaired) electrons. The smallest absolute Gasteiger partial charge is 0.207 e. The van der Waals surface area contributed by atoms with E-state index in [1.54, 1.807) is 13.1 Å². The molecule has 1 aliphatic rings. The Morgan fingerprint density at radius 3 is 2.50 bits per heavy atom. The van der Waals surface area contributed by atoms with Gasteiger partial charge < -0.3 is 10.2 Å². The summed E-state index contributed by atoms with van der Waals surface area (Å²) in [6, 6.07) is 20.2. The first kappa shape index (κ1) is 23.6. The molecule has 1 saturated carbocycles. The molecule has 0 saturated heterocycles. The van der Waals surface area contributed by atoms with E-state index < -0.39 is 5.82 Å². The Labute approximate surface area is 210 Å². The summed E-state index contributed by atoms with van der Waals surface area (Å²) in [7, 11) is 0. The molecule has 0 atom stereocenters. The van der Waals surface area contributed by atoms with Gasteiger partial charge in [0.15, 0.2) is 11.6 Å². The van der Waals surface area contributed by atoms with Crippen molar-refractivity contribution in [3.63, 3.8) is 0 Å². The van der Waals surface area contributed by atoms with E-state index in [2.05, 4.69) is 38.5 Å². The van der Waals surface area contributed by atoms with Crippen LogP contribution in [0.4, 0.5) is 16.0 Å². The lowest BCUT2D eigenvalue weighted by Crippen LogP contribution is -2.27. The summed E-state index contributed by atoms with van der Waals surface area (Å²) in [6.45, 7) is 2.56. The summed E-state index contributed by atoms with van der Waals surface area (Å²) in [5.41, 5.74) is 5.16. The van der Waals surface area contributed by atoms with Gasteiger partial charge in [0.25, 0.3) is 0 Å². The number of benzene rings is 2. The highest BCUT2D eigenvalue weighted by Crippen LogP contribution is 2.35. The van der Waals surface area contributed by atoms with Gasteiger partial charge in [-0.2, -0.15) is 4.39 Å². The molecule has 0 aliphatic heterocycles. The highest BCUT2D eigenvalue weighted by Gasteiger charge is 2.32. The van der Waals surface area contributed by atoms with Crippen molar-refractivity contribution in [2.45, 2.75) is 45.3 Å². The van der Waals surface area contributed by atoms with E-state index in [-0.39, 0.29) is 17.6 Å². The van der Waals surface area contributed by atoms with Crippen LogP contribution in [-0.2, 0) is 24.3 Å². The van der Waals surface area contributed by atoms with Crippen molar-refractivity contribution in [1.29, 1.82) is 0 Å². The molecule has 0 spiro atoms. The quantitative estimate of drug-likeness (QED) is 0.318. The monoisotopic (exact) mass is 481 g/mol. The Bertz CT molecular complexity index is 1340. The largest absolute Gasteiger partial charge is 0.363 e. The summed E-state index contributed by atoms with van der Waals surface area (Å²) in [5, 5.41) is 3.11. The van der Waals surface area contributed by atoms with Crippen LogP contribution in [0.15, 0.2) is 79.4 Å². The second-order valence-corrected chi connectivity index (χ2v) is 9.21. The Morgan fingerprint density at radius 2 is 1.78 bits per heavy atom. The highest BCUT2D eigenvalue weighted by atomic mass is 19.1. The molecule has 2 aromatic carbocycles. The molecule has 4 aromatic rings. The van der Waals surface area contributed by atoms with Crippen LogP contribution < -0.4 is 10.2 Å². The van der Waals surface area contributed by atoms with Crippen molar-refractivity contribution < 1.29 is 9.18 Å².